The van der Waals surface area contributed by atoms with Gasteiger partial charge in [-0.25, -0.2) is 14.2 Å². The summed E-state index contributed by atoms with van der Waals surface area (Å²) >= 11 is 0.772. The largest absolute Gasteiger partial charge is 0.476 e. The Morgan fingerprint density at radius 1 is 1.19 bits per heavy atom. The summed E-state index contributed by atoms with van der Waals surface area (Å²) < 4.78 is 50.7. The highest BCUT2D eigenvalue weighted by atomic mass is 32.2. The van der Waals surface area contributed by atoms with Crippen molar-refractivity contribution >= 4 is 17.7 Å². The molecule has 0 aliphatic heterocycles. The number of halogens is 4. The molecule has 21 heavy (non-hydrogen) atoms. The maximum absolute atomic E-state index is 12.8. The zero-order valence-electron chi connectivity index (χ0n) is 10.2. The molecule has 1 N–H and O–H groups in total. The van der Waals surface area contributed by atoms with E-state index in [9.17, 15) is 22.4 Å². The van der Waals surface area contributed by atoms with Gasteiger partial charge in [-0.3, -0.25) is 0 Å². The molecule has 0 bridgehead atoms. The van der Waals surface area contributed by atoms with E-state index in [0.717, 1.165) is 23.9 Å². The van der Waals surface area contributed by atoms with Gasteiger partial charge in [0.05, 0.1) is 5.56 Å². The predicted molar refractivity (Wildman–Crippen MR) is 66.7 cm³/mol. The molecular formula is C13H7F4NO2S. The Hall–Kier alpha value is -2.09. The van der Waals surface area contributed by atoms with Crippen LogP contribution in [0.3, 0.4) is 0 Å². The number of benzene rings is 1. The summed E-state index contributed by atoms with van der Waals surface area (Å²) in [4.78, 5) is 14.6. The molecule has 110 valence electrons. The highest BCUT2D eigenvalue weighted by molar-refractivity contribution is 7.99. The maximum Gasteiger partial charge on any atom is 0.417 e. The molecule has 1 heterocycles. The molecule has 0 unspecified atom stereocenters. The van der Waals surface area contributed by atoms with Crippen LogP contribution in [0.1, 0.15) is 16.1 Å². The minimum absolute atomic E-state index is 0.163. The van der Waals surface area contributed by atoms with Gasteiger partial charge in [0.25, 0.3) is 0 Å². The highest BCUT2D eigenvalue weighted by Gasteiger charge is 2.32. The number of carboxylic acids is 1. The fourth-order valence-electron chi connectivity index (χ4n) is 1.47. The van der Waals surface area contributed by atoms with Gasteiger partial charge in [0.1, 0.15) is 5.82 Å². The summed E-state index contributed by atoms with van der Waals surface area (Å²) in [6.07, 6.45) is -4.15. The lowest BCUT2D eigenvalue weighted by atomic mass is 10.2. The molecule has 1 aromatic heterocycles. The molecule has 0 saturated heterocycles. The second-order valence-electron chi connectivity index (χ2n) is 3.93. The highest BCUT2D eigenvalue weighted by Crippen LogP contribution is 2.35. The van der Waals surface area contributed by atoms with E-state index < -0.39 is 29.2 Å². The number of nitrogens with zero attached hydrogens (tertiary/aromatic N) is 1. The van der Waals surface area contributed by atoms with Crippen molar-refractivity contribution < 1.29 is 27.5 Å². The number of hydrogen-bond donors (Lipinski definition) is 1. The van der Waals surface area contributed by atoms with E-state index in [0.29, 0.717) is 17.2 Å². The lowest BCUT2D eigenvalue weighted by Crippen LogP contribution is -2.09. The van der Waals surface area contributed by atoms with Crippen LogP contribution in [-0.4, -0.2) is 16.1 Å². The van der Waals surface area contributed by atoms with E-state index in [4.69, 9.17) is 5.11 Å². The predicted octanol–water partition coefficient (Wildman–Crippen LogP) is 4.09. The van der Waals surface area contributed by atoms with Crippen molar-refractivity contribution in [2.45, 2.75) is 16.0 Å². The average Bonchev–Trinajstić information content (AvgIpc) is 2.40. The number of carbonyl (C=O) groups is 1. The van der Waals surface area contributed by atoms with E-state index in [2.05, 4.69) is 4.98 Å². The number of alkyl halides is 3. The molecule has 2 aromatic rings. The molecule has 3 nitrogen and oxygen atoms in total. The fourth-order valence-corrected chi connectivity index (χ4v) is 2.42. The molecule has 0 fully saturated rings. The first-order valence-corrected chi connectivity index (χ1v) is 6.33. The minimum Gasteiger partial charge on any atom is -0.476 e. The molecule has 1 aromatic carbocycles. The minimum atomic E-state index is -4.62. The molecule has 2 rings (SSSR count). The third-order valence-corrected chi connectivity index (χ3v) is 3.46. The van der Waals surface area contributed by atoms with Crippen LogP contribution in [0.5, 0.6) is 0 Å². The topological polar surface area (TPSA) is 50.2 Å². The van der Waals surface area contributed by atoms with Crippen LogP contribution in [0.25, 0.3) is 0 Å². The van der Waals surface area contributed by atoms with Crippen LogP contribution in [0.2, 0.25) is 0 Å². The smallest absolute Gasteiger partial charge is 0.417 e. The molecule has 0 amide bonds. The number of aromatic nitrogens is 1. The van der Waals surface area contributed by atoms with Gasteiger partial charge in [-0.2, -0.15) is 13.2 Å². The number of hydrogen-bond acceptors (Lipinski definition) is 3. The van der Waals surface area contributed by atoms with Crippen molar-refractivity contribution in [3.05, 3.63) is 53.6 Å². The standard InChI is InChI=1S/C13H7F4NO2S/c14-8-1-3-9(4-2-8)21-10-5-7(13(15,16)17)6-18-11(10)12(19)20/h1-6H,(H,19,20). The van der Waals surface area contributed by atoms with Crippen LogP contribution in [0, 0.1) is 5.82 Å². The number of rotatable bonds is 3. The molecule has 0 radical (unpaired) electrons. The summed E-state index contributed by atoms with van der Waals surface area (Å²) in [5.41, 5.74) is -1.53. The van der Waals surface area contributed by atoms with Crippen molar-refractivity contribution in [2.75, 3.05) is 0 Å². The average molecular weight is 317 g/mol. The number of carboxylic acid groups (broad SMARTS) is 1. The lowest BCUT2D eigenvalue weighted by molar-refractivity contribution is -0.138. The van der Waals surface area contributed by atoms with E-state index in [-0.39, 0.29) is 4.90 Å². The molecule has 8 heteroatoms. The van der Waals surface area contributed by atoms with Crippen LogP contribution < -0.4 is 0 Å². The first-order valence-electron chi connectivity index (χ1n) is 5.51. The van der Waals surface area contributed by atoms with Gasteiger partial charge >= 0.3 is 12.1 Å². The monoisotopic (exact) mass is 317 g/mol. The van der Waals surface area contributed by atoms with Crippen molar-refractivity contribution in [1.82, 2.24) is 4.98 Å². The first kappa shape index (κ1) is 15.3. The van der Waals surface area contributed by atoms with Crippen molar-refractivity contribution in [1.29, 1.82) is 0 Å². The van der Waals surface area contributed by atoms with Crippen molar-refractivity contribution in [3.8, 4) is 0 Å². The number of pyridine rings is 1. The van der Waals surface area contributed by atoms with E-state index in [1.807, 2.05) is 0 Å². The molecule has 0 aliphatic rings. The second-order valence-corrected chi connectivity index (χ2v) is 5.04. The molecule has 0 spiro atoms. The Morgan fingerprint density at radius 2 is 1.81 bits per heavy atom. The van der Waals surface area contributed by atoms with Gasteiger partial charge in [-0.05, 0) is 30.3 Å². The Kier molecular flexibility index (Phi) is 4.17. The first-order chi connectivity index (χ1) is 9.77. The Labute approximate surface area is 120 Å². The number of aromatic carboxylic acids is 1. The van der Waals surface area contributed by atoms with Gasteiger partial charge in [0.2, 0.25) is 0 Å². The molecular weight excluding hydrogens is 310 g/mol. The zero-order chi connectivity index (χ0) is 15.6. The normalized spacial score (nSPS) is 11.4. The quantitative estimate of drug-likeness (QED) is 0.866. The Balaban J connectivity index is 2.43. The fraction of sp³-hybridized carbons (Fsp3) is 0.0769. The molecule has 0 saturated carbocycles. The van der Waals surface area contributed by atoms with E-state index >= 15 is 0 Å². The summed E-state index contributed by atoms with van der Waals surface area (Å²) in [6.45, 7) is 0. The van der Waals surface area contributed by atoms with Crippen molar-refractivity contribution in [2.24, 2.45) is 0 Å². The van der Waals surface area contributed by atoms with Crippen LogP contribution in [0.4, 0.5) is 17.6 Å². The zero-order valence-corrected chi connectivity index (χ0v) is 11.0. The summed E-state index contributed by atoms with van der Waals surface area (Å²) in [7, 11) is 0. The molecule has 0 atom stereocenters. The van der Waals surface area contributed by atoms with Gasteiger partial charge in [0, 0.05) is 16.0 Å². The van der Waals surface area contributed by atoms with Gasteiger partial charge < -0.3 is 5.11 Å². The van der Waals surface area contributed by atoms with Crippen molar-refractivity contribution in [3.63, 3.8) is 0 Å². The summed E-state index contributed by atoms with van der Waals surface area (Å²) in [6, 6.07) is 5.65. The third-order valence-electron chi connectivity index (χ3n) is 2.42. The second kappa shape index (κ2) is 5.72. The lowest BCUT2D eigenvalue weighted by Gasteiger charge is -2.10. The van der Waals surface area contributed by atoms with Gasteiger partial charge in [0.15, 0.2) is 5.69 Å². The van der Waals surface area contributed by atoms with Gasteiger partial charge in [-0.1, -0.05) is 11.8 Å². The Morgan fingerprint density at radius 3 is 2.33 bits per heavy atom. The van der Waals surface area contributed by atoms with E-state index in [1.165, 1.54) is 12.1 Å². The molecule has 0 aliphatic carbocycles. The Bertz CT molecular complexity index is 671. The summed E-state index contributed by atoms with van der Waals surface area (Å²) in [5.74, 6) is -1.94. The van der Waals surface area contributed by atoms with Crippen LogP contribution in [0.15, 0.2) is 46.3 Å². The maximum atomic E-state index is 12.8. The van der Waals surface area contributed by atoms with Gasteiger partial charge in [-0.15, -0.1) is 0 Å². The van der Waals surface area contributed by atoms with Crippen LogP contribution >= 0.6 is 11.8 Å². The SMILES string of the molecule is O=C(O)c1ncc(C(F)(F)F)cc1Sc1ccc(F)cc1. The van der Waals surface area contributed by atoms with Crippen LogP contribution in [-0.2, 0) is 6.18 Å². The third kappa shape index (κ3) is 3.72. The van der Waals surface area contributed by atoms with E-state index in [1.54, 1.807) is 0 Å². The summed E-state index contributed by atoms with van der Waals surface area (Å²) in [5, 5.41) is 8.96.